The van der Waals surface area contributed by atoms with Gasteiger partial charge < -0.3 is 45.2 Å². The molecule has 0 aliphatic carbocycles. The third-order valence-electron chi connectivity index (χ3n) is 4.56. The Bertz CT molecular complexity index is 1170. The molecule has 0 aromatic heterocycles. The van der Waals surface area contributed by atoms with E-state index in [9.17, 15) is 0 Å². The first-order valence-corrected chi connectivity index (χ1v) is 24.0. The van der Waals surface area contributed by atoms with Gasteiger partial charge in [-0.15, -0.1) is 0 Å². The molecule has 0 N–H and O–H groups in total. The molecule has 2 aromatic carbocycles. The molecule has 0 spiro atoms. The molecule has 0 heterocycles. The molecular formula is C24H40O11P4S5. The lowest BCUT2D eigenvalue weighted by molar-refractivity contribution is 0.176. The van der Waals surface area contributed by atoms with Gasteiger partial charge in [0.25, 0.3) is 0 Å². The first-order chi connectivity index (χ1) is 20.8. The lowest BCUT2D eigenvalue weighted by Crippen LogP contribution is -2.03. The SMILES string of the molecule is CCOP(=S)(OCC)OP(=S)(OCC)OCC.COP(=S)(OC)Oc1ccc(Sc2ccc(OP(=S)(OC)OC)cc2)cc1. The van der Waals surface area contributed by atoms with Gasteiger partial charge in [0.1, 0.15) is 11.5 Å². The van der Waals surface area contributed by atoms with E-state index in [2.05, 4.69) is 0 Å². The largest absolute Gasteiger partial charge is 0.424 e. The van der Waals surface area contributed by atoms with E-state index in [4.69, 9.17) is 96.8 Å². The van der Waals surface area contributed by atoms with Crippen LogP contribution in [0.25, 0.3) is 0 Å². The Morgan fingerprint density at radius 3 is 0.977 bits per heavy atom. The zero-order valence-corrected chi connectivity index (χ0v) is 33.4. The summed E-state index contributed by atoms with van der Waals surface area (Å²) in [5.74, 6) is 1.19. The highest BCUT2D eigenvalue weighted by Gasteiger charge is 2.32. The standard InChI is InChI=1S/C16H20O6P2S3.C8H20O5P2S2/c1-17-23(25,18-2)21-13-5-9-15(10-6-13)27-16-11-7-14(8-12-16)22-24(26,19-3)20-4;1-5-9-14(16,10-6-2)13-15(17,11-7-3)12-8-4/h5-12H,1-4H3;5-8H2,1-4H3. The van der Waals surface area contributed by atoms with E-state index in [1.165, 1.54) is 28.4 Å². The molecule has 0 aliphatic rings. The van der Waals surface area contributed by atoms with Crippen molar-refractivity contribution in [3.63, 3.8) is 0 Å². The molecule has 0 amide bonds. The van der Waals surface area contributed by atoms with Crippen molar-refractivity contribution in [1.82, 2.24) is 0 Å². The van der Waals surface area contributed by atoms with Crippen LogP contribution in [0.2, 0.25) is 0 Å². The van der Waals surface area contributed by atoms with Crippen molar-refractivity contribution < 1.29 is 49.5 Å². The smallest absolute Gasteiger partial charge is 0.380 e. The highest BCUT2D eigenvalue weighted by molar-refractivity contribution is 8.14. The van der Waals surface area contributed by atoms with Crippen molar-refractivity contribution in [2.75, 3.05) is 54.9 Å². The van der Waals surface area contributed by atoms with Gasteiger partial charge in [0.15, 0.2) is 0 Å². The molecule has 11 nitrogen and oxygen atoms in total. The fourth-order valence-electron chi connectivity index (χ4n) is 2.75. The highest BCUT2D eigenvalue weighted by atomic mass is 32.5. The van der Waals surface area contributed by atoms with Crippen LogP contribution in [0.4, 0.5) is 0 Å². The summed E-state index contributed by atoms with van der Waals surface area (Å²) in [6.07, 6.45) is 0. The van der Waals surface area contributed by atoms with Crippen LogP contribution in [0.5, 0.6) is 11.5 Å². The van der Waals surface area contributed by atoms with Crippen LogP contribution in [0, 0.1) is 0 Å². The topological polar surface area (TPSA) is 102 Å². The summed E-state index contributed by atoms with van der Waals surface area (Å²) in [5.41, 5.74) is 0. The minimum atomic E-state index is -2.87. The van der Waals surface area contributed by atoms with Crippen LogP contribution in [0.15, 0.2) is 58.3 Å². The first kappa shape index (κ1) is 42.7. The zero-order valence-electron chi connectivity index (χ0n) is 25.8. The van der Waals surface area contributed by atoms with Gasteiger partial charge >= 0.3 is 26.9 Å². The van der Waals surface area contributed by atoms with E-state index < -0.39 is 26.9 Å². The Labute approximate surface area is 286 Å². The van der Waals surface area contributed by atoms with Gasteiger partial charge in [-0.3, -0.25) is 0 Å². The third-order valence-corrected chi connectivity index (χ3v) is 16.8. The van der Waals surface area contributed by atoms with Gasteiger partial charge in [-0.25, -0.2) is 4.31 Å². The van der Waals surface area contributed by atoms with E-state index in [0.29, 0.717) is 37.9 Å². The molecule has 0 saturated carbocycles. The molecule has 0 unspecified atom stereocenters. The molecule has 44 heavy (non-hydrogen) atoms. The zero-order chi connectivity index (χ0) is 33.3. The maximum atomic E-state index is 5.61. The summed E-state index contributed by atoms with van der Waals surface area (Å²) in [5, 5.41) is 0. The number of rotatable bonds is 20. The molecule has 0 bridgehead atoms. The fraction of sp³-hybridized carbons (Fsp3) is 0.500. The van der Waals surface area contributed by atoms with Crippen molar-refractivity contribution in [3.05, 3.63) is 48.5 Å². The molecular weight excluding hydrogens is 748 g/mol. The van der Waals surface area contributed by atoms with E-state index in [1.807, 2.05) is 76.2 Å². The fourth-order valence-corrected chi connectivity index (χ4v) is 11.8. The van der Waals surface area contributed by atoms with Gasteiger partial charge in [0.2, 0.25) is 0 Å². The molecule has 0 fully saturated rings. The number of hydrogen-bond donors (Lipinski definition) is 0. The monoisotopic (exact) mass is 788 g/mol. The summed E-state index contributed by atoms with van der Waals surface area (Å²) in [4.78, 5) is 2.08. The summed E-state index contributed by atoms with van der Waals surface area (Å²) < 4.78 is 58.6. The van der Waals surface area contributed by atoms with Crippen LogP contribution >= 0.6 is 38.6 Å². The maximum Gasteiger partial charge on any atom is 0.380 e. The van der Waals surface area contributed by atoms with Gasteiger partial charge in [-0.1, -0.05) is 11.8 Å². The van der Waals surface area contributed by atoms with Crippen LogP contribution in [-0.4, -0.2) is 54.9 Å². The molecule has 2 rings (SSSR count). The van der Waals surface area contributed by atoms with Crippen LogP contribution in [-0.2, 0) is 87.7 Å². The Morgan fingerprint density at radius 1 is 0.477 bits per heavy atom. The molecule has 0 aliphatic heterocycles. The molecule has 0 radical (unpaired) electrons. The maximum absolute atomic E-state index is 5.61. The van der Waals surface area contributed by atoms with Crippen molar-refractivity contribution in [2.45, 2.75) is 37.5 Å². The van der Waals surface area contributed by atoms with E-state index in [1.54, 1.807) is 11.8 Å². The van der Waals surface area contributed by atoms with Crippen molar-refractivity contribution in [1.29, 1.82) is 0 Å². The van der Waals surface area contributed by atoms with Crippen molar-refractivity contribution in [3.8, 4) is 11.5 Å². The molecule has 0 saturated heterocycles. The van der Waals surface area contributed by atoms with E-state index >= 15 is 0 Å². The predicted octanol–water partition coefficient (Wildman–Crippen LogP) is 9.23. The number of benzene rings is 2. The minimum Gasteiger partial charge on any atom is -0.424 e. The first-order valence-electron chi connectivity index (χ1n) is 13.0. The van der Waals surface area contributed by atoms with Crippen LogP contribution < -0.4 is 9.05 Å². The highest BCUT2D eigenvalue weighted by Crippen LogP contribution is 2.66. The number of hydrogen-bond acceptors (Lipinski definition) is 16. The second-order valence-electron chi connectivity index (χ2n) is 7.50. The van der Waals surface area contributed by atoms with Gasteiger partial charge in [-0.05, 0) is 99.8 Å². The third kappa shape index (κ3) is 15.7. The second kappa shape index (κ2) is 21.6. The molecule has 0 atom stereocenters. The molecule has 20 heteroatoms. The minimum absolute atomic E-state index is 0.394. The summed E-state index contributed by atoms with van der Waals surface area (Å²) in [6, 6.07) is 15.0. The van der Waals surface area contributed by atoms with Gasteiger partial charge in [0, 0.05) is 61.8 Å². The summed E-state index contributed by atoms with van der Waals surface area (Å²) in [6.45, 7) is -2.37. The lowest BCUT2D eigenvalue weighted by atomic mass is 10.3. The quantitative estimate of drug-likeness (QED) is 0.119. The normalized spacial score (nSPS) is 12.4. The summed E-state index contributed by atoms with van der Waals surface area (Å²) >= 11 is 22.4. The van der Waals surface area contributed by atoms with E-state index in [-0.39, 0.29) is 0 Å². The average Bonchev–Trinajstić information content (AvgIpc) is 2.99. The van der Waals surface area contributed by atoms with Gasteiger partial charge in [0.05, 0.1) is 26.4 Å². The van der Waals surface area contributed by atoms with E-state index in [0.717, 1.165) is 9.79 Å². The Kier molecular flexibility index (Phi) is 20.9. The lowest BCUT2D eigenvalue weighted by Gasteiger charge is -2.27. The van der Waals surface area contributed by atoms with Crippen molar-refractivity contribution in [2.24, 2.45) is 0 Å². The van der Waals surface area contributed by atoms with Gasteiger partial charge in [-0.2, -0.15) is 0 Å². The molecule has 2 aromatic rings. The summed E-state index contributed by atoms with van der Waals surface area (Å²) in [7, 11) is 5.89. The predicted molar refractivity (Wildman–Crippen MR) is 191 cm³/mol. The van der Waals surface area contributed by atoms with Crippen LogP contribution in [0.3, 0.4) is 0 Å². The Balaban J connectivity index is 0.000000493. The second-order valence-corrected chi connectivity index (χ2v) is 21.1. The molecule has 252 valence electrons. The van der Waals surface area contributed by atoms with Crippen LogP contribution in [0.1, 0.15) is 27.7 Å². The van der Waals surface area contributed by atoms with Crippen molar-refractivity contribution >= 4 is 85.9 Å². The Hall–Kier alpha value is 0.630. The Morgan fingerprint density at radius 2 is 0.750 bits per heavy atom. The average molecular weight is 789 g/mol.